The first-order valence-electron chi connectivity index (χ1n) is 5.29. The summed E-state index contributed by atoms with van der Waals surface area (Å²) in [6.45, 7) is 6.72. The predicted molar refractivity (Wildman–Crippen MR) is 64.2 cm³/mol. The van der Waals surface area contributed by atoms with Crippen LogP contribution in [-0.2, 0) is 11.8 Å². The topological polar surface area (TPSA) is 59.8 Å². The van der Waals surface area contributed by atoms with Gasteiger partial charge in [-0.3, -0.25) is 4.79 Å². The summed E-state index contributed by atoms with van der Waals surface area (Å²) in [6.07, 6.45) is 1.63. The predicted octanol–water partition coefficient (Wildman–Crippen LogP) is 1.07. The lowest BCUT2D eigenvalue weighted by atomic mass is 10.2. The number of rotatable bonds is 5. The van der Waals surface area contributed by atoms with Crippen molar-refractivity contribution in [3.05, 3.63) is 6.33 Å². The molecule has 1 atom stereocenters. The molecule has 1 aromatic heterocycles. The zero-order valence-electron chi connectivity index (χ0n) is 10.1. The third-order valence-electron chi connectivity index (χ3n) is 2.01. The van der Waals surface area contributed by atoms with Crippen molar-refractivity contribution in [3.8, 4) is 0 Å². The highest BCUT2D eigenvalue weighted by atomic mass is 32.2. The highest BCUT2D eigenvalue weighted by Crippen LogP contribution is 2.19. The Balaban J connectivity index is 2.43. The molecule has 0 saturated heterocycles. The van der Waals surface area contributed by atoms with Crippen molar-refractivity contribution in [2.24, 2.45) is 13.0 Å². The van der Waals surface area contributed by atoms with E-state index in [2.05, 4.69) is 29.4 Å². The molecule has 0 radical (unpaired) electrons. The van der Waals surface area contributed by atoms with Crippen molar-refractivity contribution in [2.75, 3.05) is 6.54 Å². The van der Waals surface area contributed by atoms with Gasteiger partial charge in [-0.1, -0.05) is 25.6 Å². The molecule has 0 aliphatic carbocycles. The van der Waals surface area contributed by atoms with Crippen LogP contribution in [0.3, 0.4) is 0 Å². The maximum atomic E-state index is 11.7. The Morgan fingerprint density at radius 3 is 2.75 bits per heavy atom. The monoisotopic (exact) mass is 242 g/mol. The van der Waals surface area contributed by atoms with Crippen LogP contribution in [0.4, 0.5) is 0 Å². The Hall–Kier alpha value is -1.04. The molecule has 1 heterocycles. The van der Waals surface area contributed by atoms with Gasteiger partial charge < -0.3 is 9.88 Å². The van der Waals surface area contributed by atoms with Crippen molar-refractivity contribution in [2.45, 2.75) is 31.2 Å². The fraction of sp³-hybridized carbons (Fsp3) is 0.700. The molecule has 5 nitrogen and oxygen atoms in total. The van der Waals surface area contributed by atoms with Gasteiger partial charge in [0.25, 0.3) is 0 Å². The molecule has 0 saturated carbocycles. The van der Waals surface area contributed by atoms with Crippen molar-refractivity contribution < 1.29 is 4.79 Å². The van der Waals surface area contributed by atoms with Crippen LogP contribution >= 0.6 is 11.8 Å². The minimum absolute atomic E-state index is 0.0432. The molecule has 0 fully saturated rings. The van der Waals surface area contributed by atoms with Gasteiger partial charge in [0.2, 0.25) is 5.91 Å². The van der Waals surface area contributed by atoms with Gasteiger partial charge in [0.1, 0.15) is 6.33 Å². The number of thioether (sulfide) groups is 1. The largest absolute Gasteiger partial charge is 0.355 e. The summed E-state index contributed by atoms with van der Waals surface area (Å²) in [5, 5.41) is 11.2. The molecule has 1 N–H and O–H groups in total. The summed E-state index contributed by atoms with van der Waals surface area (Å²) in [5.41, 5.74) is 0. The minimum Gasteiger partial charge on any atom is -0.355 e. The molecule has 0 bridgehead atoms. The molecule has 1 unspecified atom stereocenters. The maximum absolute atomic E-state index is 11.7. The quantitative estimate of drug-likeness (QED) is 0.785. The summed E-state index contributed by atoms with van der Waals surface area (Å²) < 4.78 is 1.80. The van der Waals surface area contributed by atoms with Crippen LogP contribution in [0.25, 0.3) is 0 Å². The molecule has 0 aliphatic heterocycles. The van der Waals surface area contributed by atoms with Gasteiger partial charge in [0.05, 0.1) is 5.25 Å². The Morgan fingerprint density at radius 1 is 1.56 bits per heavy atom. The van der Waals surface area contributed by atoms with Gasteiger partial charge in [-0.05, 0) is 12.8 Å². The first kappa shape index (κ1) is 13.0. The van der Waals surface area contributed by atoms with Gasteiger partial charge in [-0.2, -0.15) is 0 Å². The third kappa shape index (κ3) is 3.84. The molecule has 1 aromatic rings. The summed E-state index contributed by atoms with van der Waals surface area (Å²) in [5.74, 6) is 0.512. The lowest BCUT2D eigenvalue weighted by molar-refractivity contribution is -0.120. The minimum atomic E-state index is -0.151. The standard InChI is InChI=1S/C10H18N4OS/c1-7(2)5-11-9(15)8(3)16-10-13-12-6-14(10)4/h6-8H,5H2,1-4H3,(H,11,15). The Morgan fingerprint density at radius 2 is 2.25 bits per heavy atom. The van der Waals surface area contributed by atoms with Crippen molar-refractivity contribution in [3.63, 3.8) is 0 Å². The molecule has 1 rings (SSSR count). The van der Waals surface area contributed by atoms with Gasteiger partial charge in [0.15, 0.2) is 5.16 Å². The molecule has 90 valence electrons. The second kappa shape index (κ2) is 5.89. The van der Waals surface area contributed by atoms with Gasteiger partial charge in [-0.25, -0.2) is 0 Å². The second-order valence-electron chi connectivity index (χ2n) is 4.12. The molecule has 1 amide bonds. The van der Waals surface area contributed by atoms with E-state index < -0.39 is 0 Å². The number of hydrogen-bond acceptors (Lipinski definition) is 4. The van der Waals surface area contributed by atoms with Gasteiger partial charge >= 0.3 is 0 Å². The normalized spacial score (nSPS) is 12.8. The molecule has 6 heteroatoms. The number of nitrogens with zero attached hydrogens (tertiary/aromatic N) is 3. The van der Waals surface area contributed by atoms with E-state index in [0.29, 0.717) is 12.5 Å². The van der Waals surface area contributed by atoms with Crippen LogP contribution in [0.2, 0.25) is 0 Å². The summed E-state index contributed by atoms with van der Waals surface area (Å²) >= 11 is 1.41. The molecule has 16 heavy (non-hydrogen) atoms. The fourth-order valence-corrected chi connectivity index (χ4v) is 1.85. The Bertz CT molecular complexity index is 350. The average molecular weight is 242 g/mol. The van der Waals surface area contributed by atoms with Crippen molar-refractivity contribution in [1.82, 2.24) is 20.1 Å². The highest BCUT2D eigenvalue weighted by Gasteiger charge is 2.16. The maximum Gasteiger partial charge on any atom is 0.233 e. The van der Waals surface area contributed by atoms with E-state index in [1.165, 1.54) is 11.8 Å². The van der Waals surface area contributed by atoms with Crippen LogP contribution in [0.5, 0.6) is 0 Å². The zero-order valence-corrected chi connectivity index (χ0v) is 10.9. The number of hydrogen-bond donors (Lipinski definition) is 1. The number of carbonyl (C=O) groups excluding carboxylic acids is 1. The average Bonchev–Trinajstić information content (AvgIpc) is 2.60. The van der Waals surface area contributed by atoms with E-state index in [-0.39, 0.29) is 11.2 Å². The van der Waals surface area contributed by atoms with E-state index in [9.17, 15) is 4.79 Å². The van der Waals surface area contributed by atoms with Crippen LogP contribution in [0.1, 0.15) is 20.8 Å². The van der Waals surface area contributed by atoms with E-state index in [0.717, 1.165) is 5.16 Å². The summed E-state index contributed by atoms with van der Waals surface area (Å²) in [7, 11) is 1.86. The molecular formula is C10H18N4OS. The first-order chi connectivity index (χ1) is 7.50. The molecule has 0 aromatic carbocycles. The van der Waals surface area contributed by atoms with E-state index in [1.54, 1.807) is 10.9 Å². The smallest absolute Gasteiger partial charge is 0.233 e. The molecule has 0 spiro atoms. The Labute approximate surface area is 100 Å². The first-order valence-corrected chi connectivity index (χ1v) is 6.17. The van der Waals surface area contributed by atoms with E-state index >= 15 is 0 Å². The summed E-state index contributed by atoms with van der Waals surface area (Å²) in [6, 6.07) is 0. The SMILES string of the molecule is CC(C)CNC(=O)C(C)Sc1nncn1C. The number of nitrogens with one attached hydrogen (secondary N) is 1. The fourth-order valence-electron chi connectivity index (χ4n) is 1.04. The molecule has 0 aliphatic rings. The number of aryl methyl sites for hydroxylation is 1. The van der Waals surface area contributed by atoms with E-state index in [1.807, 2.05) is 14.0 Å². The Kier molecular flexibility index (Phi) is 4.79. The van der Waals surface area contributed by atoms with Gasteiger partial charge in [-0.15, -0.1) is 10.2 Å². The lowest BCUT2D eigenvalue weighted by Gasteiger charge is -2.12. The summed E-state index contributed by atoms with van der Waals surface area (Å²) in [4.78, 5) is 11.7. The number of carbonyl (C=O) groups is 1. The van der Waals surface area contributed by atoms with Crippen LogP contribution < -0.4 is 5.32 Å². The second-order valence-corrected chi connectivity index (χ2v) is 5.43. The highest BCUT2D eigenvalue weighted by molar-refractivity contribution is 8.00. The third-order valence-corrected chi connectivity index (χ3v) is 3.15. The van der Waals surface area contributed by atoms with Crippen molar-refractivity contribution >= 4 is 17.7 Å². The van der Waals surface area contributed by atoms with Crippen LogP contribution in [0.15, 0.2) is 11.5 Å². The number of aromatic nitrogens is 3. The van der Waals surface area contributed by atoms with Gasteiger partial charge in [0, 0.05) is 13.6 Å². The van der Waals surface area contributed by atoms with E-state index in [4.69, 9.17) is 0 Å². The van der Waals surface area contributed by atoms with Crippen molar-refractivity contribution in [1.29, 1.82) is 0 Å². The molecular weight excluding hydrogens is 224 g/mol. The zero-order chi connectivity index (χ0) is 12.1. The number of amides is 1. The lowest BCUT2D eigenvalue weighted by Crippen LogP contribution is -2.33. The van der Waals surface area contributed by atoms with Crippen LogP contribution in [-0.4, -0.2) is 32.5 Å². The van der Waals surface area contributed by atoms with Crippen LogP contribution in [0, 0.1) is 5.92 Å².